The van der Waals surface area contributed by atoms with Gasteiger partial charge in [0, 0.05) is 28.3 Å². The van der Waals surface area contributed by atoms with Crippen LogP contribution in [0.3, 0.4) is 0 Å². The number of para-hydroxylation sites is 2. The topological polar surface area (TPSA) is 4.93 Å². The Kier molecular flexibility index (Phi) is 7.80. The number of allylic oxidation sites excluding steroid dienone is 4. The predicted octanol–water partition coefficient (Wildman–Crippen LogP) is 14.2. The molecular formula is C54H43N. The Balaban J connectivity index is 0.970. The SMILES string of the molecule is C1=C(CCC2c3ccccc3-c3ccc4c(c32)-c2ccccc2CCC4c2ccccc2)C=C(c2ccc3c(c2)c2ccccc2n3-c2ccccc2)CC1. The summed E-state index contributed by atoms with van der Waals surface area (Å²) in [4.78, 5) is 0. The molecule has 0 spiro atoms. The van der Waals surface area contributed by atoms with Gasteiger partial charge in [-0.25, -0.2) is 0 Å². The average Bonchev–Trinajstić information content (AvgIpc) is 3.69. The lowest BCUT2D eigenvalue weighted by Gasteiger charge is -2.24. The standard InChI is InChI=1S/C54H43N/c1-3-15-37(16-4-1)42-30-27-38-17-7-8-21-43(38)53-47(42)31-32-49-45-23-10-9-22-44(45)48(54(49)53)29-26-36-14-13-18-39(34-36)40-28-33-52-50(35-40)46-24-11-12-25-51(46)55(52)41-19-5-2-6-20-41/h1-12,14-17,19-25,28,31-35,42,48H,13,18,26-27,29-30H2. The van der Waals surface area contributed by atoms with Crippen LogP contribution in [0.4, 0.5) is 0 Å². The van der Waals surface area contributed by atoms with Crippen LogP contribution in [-0.2, 0) is 6.42 Å². The van der Waals surface area contributed by atoms with Crippen molar-refractivity contribution in [3.05, 3.63) is 215 Å². The van der Waals surface area contributed by atoms with E-state index in [2.05, 4.69) is 181 Å². The molecule has 8 aromatic rings. The van der Waals surface area contributed by atoms with Crippen LogP contribution in [0.5, 0.6) is 0 Å². The molecule has 11 rings (SSSR count). The molecule has 0 amide bonds. The predicted molar refractivity (Wildman–Crippen MR) is 231 cm³/mol. The van der Waals surface area contributed by atoms with Gasteiger partial charge >= 0.3 is 0 Å². The molecule has 55 heavy (non-hydrogen) atoms. The largest absolute Gasteiger partial charge is 0.309 e. The molecule has 1 heteroatoms. The first-order valence-corrected chi connectivity index (χ1v) is 20.2. The second kappa shape index (κ2) is 13.3. The third-order valence-corrected chi connectivity index (χ3v) is 12.8. The second-order valence-corrected chi connectivity index (χ2v) is 15.7. The van der Waals surface area contributed by atoms with Gasteiger partial charge in [-0.1, -0.05) is 151 Å². The van der Waals surface area contributed by atoms with E-state index in [9.17, 15) is 0 Å². The molecule has 7 aromatic carbocycles. The molecule has 2 unspecified atom stereocenters. The zero-order valence-corrected chi connectivity index (χ0v) is 31.1. The van der Waals surface area contributed by atoms with Crippen LogP contribution in [0.15, 0.2) is 182 Å². The minimum absolute atomic E-state index is 0.351. The van der Waals surface area contributed by atoms with Crippen LogP contribution in [-0.4, -0.2) is 4.57 Å². The number of hydrogen-bond acceptors (Lipinski definition) is 0. The first-order chi connectivity index (χ1) is 27.3. The van der Waals surface area contributed by atoms with E-state index < -0.39 is 0 Å². The molecule has 0 fully saturated rings. The lowest BCUT2D eigenvalue weighted by atomic mass is 9.79. The maximum atomic E-state index is 2.52. The number of benzene rings is 7. The summed E-state index contributed by atoms with van der Waals surface area (Å²) in [5.74, 6) is 0.729. The molecule has 0 radical (unpaired) electrons. The Morgan fingerprint density at radius 3 is 2.20 bits per heavy atom. The zero-order valence-electron chi connectivity index (χ0n) is 31.1. The van der Waals surface area contributed by atoms with Crippen molar-refractivity contribution in [3.63, 3.8) is 0 Å². The van der Waals surface area contributed by atoms with Crippen molar-refractivity contribution in [2.45, 2.75) is 50.4 Å². The summed E-state index contributed by atoms with van der Waals surface area (Å²) < 4.78 is 2.41. The van der Waals surface area contributed by atoms with Crippen molar-refractivity contribution in [2.75, 3.05) is 0 Å². The van der Waals surface area contributed by atoms with Crippen LogP contribution >= 0.6 is 0 Å². The highest BCUT2D eigenvalue weighted by Crippen LogP contribution is 2.55. The van der Waals surface area contributed by atoms with E-state index in [1.165, 1.54) is 88.7 Å². The van der Waals surface area contributed by atoms with Gasteiger partial charge in [-0.15, -0.1) is 0 Å². The third-order valence-electron chi connectivity index (χ3n) is 12.8. The molecule has 2 atom stereocenters. The number of fused-ring (bicyclic) bond motifs is 10. The van der Waals surface area contributed by atoms with E-state index >= 15 is 0 Å². The second-order valence-electron chi connectivity index (χ2n) is 15.7. The van der Waals surface area contributed by atoms with E-state index in [-0.39, 0.29) is 0 Å². The van der Waals surface area contributed by atoms with Gasteiger partial charge in [0.1, 0.15) is 0 Å². The van der Waals surface area contributed by atoms with Crippen molar-refractivity contribution in [3.8, 4) is 27.9 Å². The lowest BCUT2D eigenvalue weighted by molar-refractivity contribution is 0.716. The van der Waals surface area contributed by atoms with E-state index in [1.807, 2.05) is 0 Å². The zero-order chi connectivity index (χ0) is 36.3. The Labute approximate surface area is 323 Å². The van der Waals surface area contributed by atoms with Gasteiger partial charge < -0.3 is 4.57 Å². The smallest absolute Gasteiger partial charge is 0.0541 e. The summed E-state index contributed by atoms with van der Waals surface area (Å²) in [5, 5.41) is 2.63. The molecule has 1 nitrogen and oxygen atoms in total. The summed E-state index contributed by atoms with van der Waals surface area (Å²) in [6.45, 7) is 0. The molecule has 0 aliphatic heterocycles. The van der Waals surface area contributed by atoms with E-state index in [1.54, 1.807) is 5.56 Å². The van der Waals surface area contributed by atoms with E-state index in [0.717, 1.165) is 38.5 Å². The normalized spacial score (nSPS) is 17.2. The Hall–Kier alpha value is -6.18. The van der Waals surface area contributed by atoms with Crippen molar-refractivity contribution in [1.29, 1.82) is 0 Å². The maximum Gasteiger partial charge on any atom is 0.0541 e. The van der Waals surface area contributed by atoms with Crippen molar-refractivity contribution < 1.29 is 0 Å². The fourth-order valence-corrected chi connectivity index (χ4v) is 10.3. The fourth-order valence-electron chi connectivity index (χ4n) is 10.3. The minimum Gasteiger partial charge on any atom is -0.309 e. The summed E-state index contributed by atoms with van der Waals surface area (Å²) in [6, 6.07) is 61.4. The first-order valence-electron chi connectivity index (χ1n) is 20.2. The average molecular weight is 706 g/mol. The Morgan fingerprint density at radius 2 is 1.31 bits per heavy atom. The summed E-state index contributed by atoms with van der Waals surface area (Å²) in [7, 11) is 0. The molecule has 0 N–H and O–H groups in total. The van der Waals surface area contributed by atoms with Crippen LogP contribution in [0, 0.1) is 0 Å². The molecule has 0 saturated carbocycles. The van der Waals surface area contributed by atoms with Crippen LogP contribution in [0.1, 0.15) is 77.3 Å². The molecule has 264 valence electrons. The van der Waals surface area contributed by atoms with Crippen LogP contribution in [0.2, 0.25) is 0 Å². The van der Waals surface area contributed by atoms with E-state index in [0.29, 0.717) is 11.8 Å². The highest BCUT2D eigenvalue weighted by Gasteiger charge is 2.35. The van der Waals surface area contributed by atoms with Gasteiger partial charge in [-0.3, -0.25) is 0 Å². The molecule has 3 aliphatic carbocycles. The molecule has 1 aromatic heterocycles. The van der Waals surface area contributed by atoms with Crippen LogP contribution in [0.25, 0.3) is 55.3 Å². The summed E-state index contributed by atoms with van der Waals surface area (Å²) in [6.07, 6.45) is 11.6. The van der Waals surface area contributed by atoms with Gasteiger partial charge in [0.2, 0.25) is 0 Å². The Morgan fingerprint density at radius 1 is 0.564 bits per heavy atom. The quantitative estimate of drug-likeness (QED) is 0.162. The molecule has 0 bridgehead atoms. The fraction of sp³-hybridized carbons (Fsp3) is 0.148. The maximum absolute atomic E-state index is 2.52. The summed E-state index contributed by atoms with van der Waals surface area (Å²) in [5.41, 5.74) is 21.2. The highest BCUT2D eigenvalue weighted by atomic mass is 15.0. The van der Waals surface area contributed by atoms with Crippen molar-refractivity contribution in [2.24, 2.45) is 0 Å². The number of rotatable bonds is 6. The molecule has 3 aliphatic rings. The van der Waals surface area contributed by atoms with Gasteiger partial charge in [0.25, 0.3) is 0 Å². The number of aromatic nitrogens is 1. The number of nitrogens with zero attached hydrogens (tertiary/aromatic N) is 1. The highest BCUT2D eigenvalue weighted by molar-refractivity contribution is 6.10. The first kappa shape index (κ1) is 32.3. The van der Waals surface area contributed by atoms with E-state index in [4.69, 9.17) is 0 Å². The lowest BCUT2D eigenvalue weighted by Crippen LogP contribution is -2.06. The van der Waals surface area contributed by atoms with Gasteiger partial charge in [0.15, 0.2) is 0 Å². The van der Waals surface area contributed by atoms with Gasteiger partial charge in [-0.2, -0.15) is 0 Å². The monoisotopic (exact) mass is 705 g/mol. The molecule has 1 heterocycles. The summed E-state index contributed by atoms with van der Waals surface area (Å²) >= 11 is 0. The van der Waals surface area contributed by atoms with Gasteiger partial charge in [0.05, 0.1) is 11.0 Å². The third kappa shape index (κ3) is 5.36. The Bertz CT molecular complexity index is 2810. The van der Waals surface area contributed by atoms with Crippen molar-refractivity contribution in [1.82, 2.24) is 4.57 Å². The molecule has 0 saturated heterocycles. The van der Waals surface area contributed by atoms with Crippen LogP contribution < -0.4 is 0 Å². The molecular weight excluding hydrogens is 663 g/mol. The number of aryl methyl sites for hydroxylation is 1. The van der Waals surface area contributed by atoms with Crippen molar-refractivity contribution >= 4 is 27.4 Å². The number of hydrogen-bond donors (Lipinski definition) is 0. The van der Waals surface area contributed by atoms with Gasteiger partial charge in [-0.05, 0) is 130 Å². The minimum atomic E-state index is 0.351.